The van der Waals surface area contributed by atoms with Crippen molar-refractivity contribution in [1.82, 2.24) is 5.32 Å². The summed E-state index contributed by atoms with van der Waals surface area (Å²) in [5, 5.41) is 2.21. The summed E-state index contributed by atoms with van der Waals surface area (Å²) in [5.74, 6) is -1.36. The van der Waals surface area contributed by atoms with Gasteiger partial charge in [0, 0.05) is 18.6 Å². The maximum absolute atomic E-state index is 11.3. The fourth-order valence-electron chi connectivity index (χ4n) is 0.878. The first-order valence-corrected chi connectivity index (χ1v) is 5.43. The molecule has 0 aromatic rings. The van der Waals surface area contributed by atoms with Gasteiger partial charge in [-0.25, -0.2) is 14.4 Å². The molecule has 0 aromatic carbocycles. The van der Waals surface area contributed by atoms with Crippen molar-refractivity contribution in [3.05, 3.63) is 24.8 Å². The van der Waals surface area contributed by atoms with Gasteiger partial charge in [0.25, 0.3) is 0 Å². The lowest BCUT2D eigenvalue weighted by atomic mass is 10.4. The number of carbonyl (C=O) groups excluding carboxylic acids is 3. The van der Waals surface area contributed by atoms with Crippen LogP contribution >= 0.6 is 0 Å². The molecule has 0 aliphatic heterocycles. The number of amides is 1. The van der Waals surface area contributed by atoms with E-state index in [1.165, 1.54) is 20.8 Å². The Morgan fingerprint density at radius 3 is 2.21 bits per heavy atom. The van der Waals surface area contributed by atoms with Gasteiger partial charge in [0.15, 0.2) is 6.23 Å². The Hall–Kier alpha value is -2.31. The summed E-state index contributed by atoms with van der Waals surface area (Å²) in [4.78, 5) is 33.3. The second-order valence-corrected chi connectivity index (χ2v) is 3.59. The molecule has 0 heterocycles. The lowest BCUT2D eigenvalue weighted by Gasteiger charge is -2.17. The van der Waals surface area contributed by atoms with Crippen molar-refractivity contribution in [2.75, 3.05) is 0 Å². The number of rotatable bonds is 6. The van der Waals surface area contributed by atoms with Crippen LogP contribution in [0, 0.1) is 0 Å². The maximum atomic E-state index is 11.3. The van der Waals surface area contributed by atoms with E-state index >= 15 is 0 Å². The molecule has 2 atom stereocenters. The highest BCUT2D eigenvalue weighted by Gasteiger charge is 2.17. The molecule has 0 fully saturated rings. The number of alkyl carbamates (subject to hydrolysis) is 1. The first-order chi connectivity index (χ1) is 8.76. The Kier molecular flexibility index (Phi) is 6.95. The summed E-state index contributed by atoms with van der Waals surface area (Å²) in [6, 6.07) is 0. The molecule has 0 aliphatic rings. The molecule has 0 aliphatic carbocycles. The molecular formula is C12H17NO6. The minimum Gasteiger partial charge on any atom is -0.439 e. The smallest absolute Gasteiger partial charge is 0.413 e. The maximum Gasteiger partial charge on any atom is 0.413 e. The molecule has 0 aromatic heterocycles. The molecule has 1 amide bonds. The monoisotopic (exact) mass is 271 g/mol. The van der Waals surface area contributed by atoms with Gasteiger partial charge in [-0.3, -0.25) is 5.32 Å². The van der Waals surface area contributed by atoms with Gasteiger partial charge in [0.2, 0.25) is 6.29 Å². The van der Waals surface area contributed by atoms with Gasteiger partial charge in [-0.1, -0.05) is 13.2 Å². The van der Waals surface area contributed by atoms with Gasteiger partial charge >= 0.3 is 18.0 Å². The van der Waals surface area contributed by atoms with E-state index in [-0.39, 0.29) is 5.57 Å². The molecule has 0 saturated heterocycles. The number of nitrogens with one attached hydrogen (secondary N) is 1. The Bertz CT molecular complexity index is 390. The summed E-state index contributed by atoms with van der Waals surface area (Å²) >= 11 is 0. The highest BCUT2D eigenvalue weighted by atomic mass is 16.7. The average molecular weight is 271 g/mol. The third kappa shape index (κ3) is 7.58. The first-order valence-electron chi connectivity index (χ1n) is 5.43. The van der Waals surface area contributed by atoms with Crippen molar-refractivity contribution in [1.29, 1.82) is 0 Å². The lowest BCUT2D eigenvalue weighted by Crippen LogP contribution is -2.38. The van der Waals surface area contributed by atoms with E-state index in [2.05, 4.69) is 23.2 Å². The predicted molar refractivity (Wildman–Crippen MR) is 65.7 cm³/mol. The van der Waals surface area contributed by atoms with Crippen LogP contribution in [-0.4, -0.2) is 30.5 Å². The molecule has 0 radical (unpaired) electrons. The lowest BCUT2D eigenvalue weighted by molar-refractivity contribution is -0.160. The van der Waals surface area contributed by atoms with Crippen molar-refractivity contribution in [3.8, 4) is 0 Å². The molecule has 1 N–H and O–H groups in total. The Labute approximate surface area is 111 Å². The first kappa shape index (κ1) is 16.7. The number of ether oxygens (including phenoxy) is 3. The standard InChI is InChI=1S/C12H17NO6/c1-6-10(14)17-8(4)13-12(16)19-9(5)18-11(15)7(2)3/h6,8-9H,1-2H2,3-5H3,(H,13,16). The van der Waals surface area contributed by atoms with Crippen LogP contribution in [0.25, 0.3) is 0 Å². The number of hydrogen-bond acceptors (Lipinski definition) is 6. The van der Waals surface area contributed by atoms with E-state index in [9.17, 15) is 14.4 Å². The molecule has 19 heavy (non-hydrogen) atoms. The van der Waals surface area contributed by atoms with E-state index in [1.807, 2.05) is 0 Å². The van der Waals surface area contributed by atoms with E-state index < -0.39 is 30.5 Å². The topological polar surface area (TPSA) is 90.9 Å². The highest BCUT2D eigenvalue weighted by Crippen LogP contribution is 2.00. The van der Waals surface area contributed by atoms with Crippen molar-refractivity contribution < 1.29 is 28.6 Å². The Morgan fingerprint density at radius 1 is 1.16 bits per heavy atom. The molecule has 106 valence electrons. The Morgan fingerprint density at radius 2 is 1.74 bits per heavy atom. The third-order valence-corrected chi connectivity index (χ3v) is 1.68. The third-order valence-electron chi connectivity index (χ3n) is 1.68. The van der Waals surface area contributed by atoms with Crippen molar-refractivity contribution in [2.24, 2.45) is 0 Å². The highest BCUT2D eigenvalue weighted by molar-refractivity contribution is 5.87. The van der Waals surface area contributed by atoms with E-state index in [0.717, 1.165) is 6.08 Å². The predicted octanol–water partition coefficient (Wildman–Crippen LogP) is 1.25. The van der Waals surface area contributed by atoms with Crippen LogP contribution in [0.3, 0.4) is 0 Å². The fourth-order valence-corrected chi connectivity index (χ4v) is 0.878. The summed E-state index contributed by atoms with van der Waals surface area (Å²) in [6.07, 6.45) is -1.93. The summed E-state index contributed by atoms with van der Waals surface area (Å²) in [5.41, 5.74) is 0.184. The zero-order valence-electron chi connectivity index (χ0n) is 11.1. The molecule has 0 bridgehead atoms. The number of esters is 2. The molecule has 0 saturated carbocycles. The zero-order valence-corrected chi connectivity index (χ0v) is 11.1. The molecular weight excluding hydrogens is 254 g/mol. The van der Waals surface area contributed by atoms with Crippen LogP contribution in [-0.2, 0) is 23.8 Å². The normalized spacial score (nSPS) is 12.6. The van der Waals surface area contributed by atoms with Gasteiger partial charge in [-0.05, 0) is 13.8 Å². The average Bonchev–Trinajstić information content (AvgIpc) is 2.27. The van der Waals surface area contributed by atoms with Crippen LogP contribution in [0.1, 0.15) is 20.8 Å². The molecule has 0 spiro atoms. The van der Waals surface area contributed by atoms with E-state index in [1.54, 1.807) is 0 Å². The van der Waals surface area contributed by atoms with E-state index in [0.29, 0.717) is 0 Å². The molecule has 0 rings (SSSR count). The second-order valence-electron chi connectivity index (χ2n) is 3.59. The van der Waals surface area contributed by atoms with Crippen LogP contribution in [0.4, 0.5) is 4.79 Å². The summed E-state index contributed by atoms with van der Waals surface area (Å²) < 4.78 is 14.1. The SMILES string of the molecule is C=CC(=O)OC(C)NC(=O)OC(C)OC(=O)C(=C)C. The second kappa shape index (κ2) is 7.91. The van der Waals surface area contributed by atoms with Crippen molar-refractivity contribution >= 4 is 18.0 Å². The largest absolute Gasteiger partial charge is 0.439 e. The molecule has 2 unspecified atom stereocenters. The van der Waals surface area contributed by atoms with Crippen LogP contribution in [0.2, 0.25) is 0 Å². The summed E-state index contributed by atoms with van der Waals surface area (Å²) in [6.45, 7) is 10.8. The molecule has 7 nitrogen and oxygen atoms in total. The van der Waals surface area contributed by atoms with Crippen molar-refractivity contribution in [2.45, 2.75) is 33.3 Å². The fraction of sp³-hybridized carbons (Fsp3) is 0.417. The van der Waals surface area contributed by atoms with Gasteiger partial charge in [-0.15, -0.1) is 0 Å². The molecule has 7 heteroatoms. The zero-order chi connectivity index (χ0) is 15.0. The number of hydrogen-bond donors (Lipinski definition) is 1. The minimum absolute atomic E-state index is 0.184. The quantitative estimate of drug-likeness (QED) is 0.444. The van der Waals surface area contributed by atoms with Crippen LogP contribution in [0.15, 0.2) is 24.8 Å². The van der Waals surface area contributed by atoms with Crippen molar-refractivity contribution in [3.63, 3.8) is 0 Å². The van der Waals surface area contributed by atoms with Crippen LogP contribution < -0.4 is 5.32 Å². The van der Waals surface area contributed by atoms with Gasteiger partial charge < -0.3 is 14.2 Å². The minimum atomic E-state index is -1.09. The van der Waals surface area contributed by atoms with E-state index in [4.69, 9.17) is 9.47 Å². The van der Waals surface area contributed by atoms with Gasteiger partial charge in [0.05, 0.1) is 0 Å². The van der Waals surface area contributed by atoms with Gasteiger partial charge in [0.1, 0.15) is 0 Å². The van der Waals surface area contributed by atoms with Gasteiger partial charge in [-0.2, -0.15) is 0 Å². The summed E-state index contributed by atoms with van der Waals surface area (Å²) in [7, 11) is 0. The Balaban J connectivity index is 4.09. The van der Waals surface area contributed by atoms with Crippen LogP contribution in [0.5, 0.6) is 0 Å². The number of carbonyl (C=O) groups is 3.